The molecule has 6 heteroatoms. The molecule has 1 fully saturated rings. The number of sulfonamides is 1. The Kier molecular flexibility index (Phi) is 5.73. The minimum atomic E-state index is -3.46. The van der Waals surface area contributed by atoms with Gasteiger partial charge in [-0.25, -0.2) is 13.1 Å². The van der Waals surface area contributed by atoms with Crippen LogP contribution in [0.15, 0.2) is 59.5 Å². The molecule has 0 bridgehead atoms. The van der Waals surface area contributed by atoms with E-state index in [1.165, 1.54) is 5.56 Å². The minimum absolute atomic E-state index is 0.0652. The van der Waals surface area contributed by atoms with Crippen LogP contribution in [0.25, 0.3) is 0 Å². The molecular weight excluding hydrogens is 336 g/mol. The molecule has 5 nitrogen and oxygen atoms in total. The van der Waals surface area contributed by atoms with Crippen LogP contribution in [0.3, 0.4) is 0 Å². The zero-order valence-corrected chi connectivity index (χ0v) is 15.2. The number of rotatable bonds is 6. The fourth-order valence-electron chi connectivity index (χ4n) is 3.21. The van der Waals surface area contributed by atoms with Crippen LogP contribution in [-0.2, 0) is 16.6 Å². The maximum Gasteiger partial charge on any atom is 0.240 e. The van der Waals surface area contributed by atoms with E-state index >= 15 is 0 Å². The molecule has 25 heavy (non-hydrogen) atoms. The molecule has 0 saturated carbocycles. The van der Waals surface area contributed by atoms with Gasteiger partial charge in [-0.1, -0.05) is 30.3 Å². The second-order valence-electron chi connectivity index (χ2n) is 6.36. The summed E-state index contributed by atoms with van der Waals surface area (Å²) in [6.07, 6.45) is 1.84. The molecule has 1 aliphatic rings. The fraction of sp³-hybridized carbons (Fsp3) is 0.368. The average molecular weight is 360 g/mol. The molecule has 0 aliphatic carbocycles. The third-order valence-corrected chi connectivity index (χ3v) is 5.96. The third-order valence-electron chi connectivity index (χ3n) is 4.42. The third kappa shape index (κ3) is 4.81. The van der Waals surface area contributed by atoms with Gasteiger partial charge in [0.05, 0.1) is 12.0 Å². The Bertz CT molecular complexity index is 793. The van der Waals surface area contributed by atoms with Crippen molar-refractivity contribution in [2.45, 2.75) is 30.3 Å². The van der Waals surface area contributed by atoms with Gasteiger partial charge in [0.2, 0.25) is 10.0 Å². The molecule has 1 heterocycles. The molecule has 0 aromatic heterocycles. The number of methoxy groups -OCH3 is 1. The van der Waals surface area contributed by atoms with Crippen molar-refractivity contribution in [3.8, 4) is 5.75 Å². The maximum absolute atomic E-state index is 12.5. The summed E-state index contributed by atoms with van der Waals surface area (Å²) in [4.78, 5) is 2.61. The number of hydrogen-bond acceptors (Lipinski definition) is 4. The molecule has 1 atom stereocenters. The highest BCUT2D eigenvalue weighted by molar-refractivity contribution is 7.89. The van der Waals surface area contributed by atoms with Gasteiger partial charge >= 0.3 is 0 Å². The molecule has 0 radical (unpaired) electrons. The van der Waals surface area contributed by atoms with Gasteiger partial charge in [-0.2, -0.15) is 0 Å². The van der Waals surface area contributed by atoms with Crippen LogP contribution in [0.4, 0.5) is 0 Å². The zero-order valence-electron chi connectivity index (χ0n) is 14.4. The first kappa shape index (κ1) is 17.9. The number of nitrogens with zero attached hydrogens (tertiary/aromatic N) is 1. The van der Waals surface area contributed by atoms with E-state index in [9.17, 15) is 8.42 Å². The van der Waals surface area contributed by atoms with Crippen molar-refractivity contribution in [3.05, 3.63) is 60.2 Å². The normalized spacial score (nSPS) is 18.8. The molecule has 134 valence electrons. The lowest BCUT2D eigenvalue weighted by atomic mass is 10.1. The van der Waals surface area contributed by atoms with Crippen LogP contribution in [-0.4, -0.2) is 39.6 Å². The summed E-state index contributed by atoms with van der Waals surface area (Å²) >= 11 is 0. The predicted octanol–water partition coefficient (Wildman–Crippen LogP) is 2.64. The smallest absolute Gasteiger partial charge is 0.240 e. The highest BCUT2D eigenvalue weighted by Gasteiger charge is 2.25. The highest BCUT2D eigenvalue weighted by atomic mass is 32.2. The Morgan fingerprint density at radius 1 is 1.16 bits per heavy atom. The van der Waals surface area contributed by atoms with Crippen LogP contribution in [0.1, 0.15) is 18.4 Å². The van der Waals surface area contributed by atoms with Crippen molar-refractivity contribution >= 4 is 10.0 Å². The van der Waals surface area contributed by atoms with Gasteiger partial charge in [0.25, 0.3) is 0 Å². The van der Waals surface area contributed by atoms with Crippen LogP contribution in [0.2, 0.25) is 0 Å². The van der Waals surface area contributed by atoms with Gasteiger partial charge < -0.3 is 4.74 Å². The van der Waals surface area contributed by atoms with E-state index in [4.69, 9.17) is 4.74 Å². The Morgan fingerprint density at radius 3 is 2.72 bits per heavy atom. The summed E-state index contributed by atoms with van der Waals surface area (Å²) in [7, 11) is -1.80. The van der Waals surface area contributed by atoms with Crippen LogP contribution >= 0.6 is 0 Å². The summed E-state index contributed by atoms with van der Waals surface area (Å²) in [6.45, 7) is 2.48. The molecule has 2 aromatic carbocycles. The minimum Gasteiger partial charge on any atom is -0.497 e. The monoisotopic (exact) mass is 360 g/mol. The van der Waals surface area contributed by atoms with Crippen molar-refractivity contribution < 1.29 is 13.2 Å². The van der Waals surface area contributed by atoms with E-state index in [0.717, 1.165) is 31.7 Å². The number of ether oxygens (including phenoxy) is 1. The Balaban J connectivity index is 1.63. The quantitative estimate of drug-likeness (QED) is 0.860. The molecule has 2 aromatic rings. The average Bonchev–Trinajstić information content (AvgIpc) is 2.62. The topological polar surface area (TPSA) is 58.6 Å². The highest BCUT2D eigenvalue weighted by Crippen LogP contribution is 2.19. The van der Waals surface area contributed by atoms with Gasteiger partial charge in [0, 0.05) is 19.1 Å². The lowest BCUT2D eigenvalue weighted by Crippen LogP contribution is -2.47. The molecular formula is C19H24N2O3S. The largest absolute Gasteiger partial charge is 0.497 e. The van der Waals surface area contributed by atoms with Crippen molar-refractivity contribution in [1.82, 2.24) is 9.62 Å². The Morgan fingerprint density at radius 2 is 1.96 bits per heavy atom. The first-order valence-corrected chi connectivity index (χ1v) is 9.98. The van der Waals surface area contributed by atoms with Crippen LogP contribution in [0, 0.1) is 0 Å². The second kappa shape index (κ2) is 7.99. The summed E-state index contributed by atoms with van der Waals surface area (Å²) in [5, 5.41) is 0. The standard InChI is InChI=1S/C19H24N2O3S/c1-24-18-9-5-7-16(13-18)14-21-12-6-8-17(15-21)20-25(22,23)19-10-3-2-4-11-19/h2-5,7,9-11,13,17,20H,6,8,12,14-15H2,1H3. The first-order valence-electron chi connectivity index (χ1n) is 8.49. The molecule has 1 aliphatic heterocycles. The zero-order chi connectivity index (χ0) is 17.7. The summed E-state index contributed by atoms with van der Waals surface area (Å²) in [5.74, 6) is 0.843. The molecule has 0 spiro atoms. The van der Waals surface area contributed by atoms with E-state index in [-0.39, 0.29) is 6.04 Å². The van der Waals surface area contributed by atoms with Crippen LogP contribution < -0.4 is 9.46 Å². The van der Waals surface area contributed by atoms with E-state index in [0.29, 0.717) is 11.4 Å². The lowest BCUT2D eigenvalue weighted by Gasteiger charge is -2.33. The number of likely N-dealkylation sites (tertiary alicyclic amines) is 1. The molecule has 1 unspecified atom stereocenters. The van der Waals surface area contributed by atoms with E-state index in [2.05, 4.69) is 15.7 Å². The molecule has 1 N–H and O–H groups in total. The van der Waals surface area contributed by atoms with Crippen molar-refractivity contribution in [1.29, 1.82) is 0 Å². The number of hydrogen-bond donors (Lipinski definition) is 1. The number of nitrogens with one attached hydrogen (secondary N) is 1. The van der Waals surface area contributed by atoms with Gasteiger partial charge in [-0.15, -0.1) is 0 Å². The number of piperidine rings is 1. The summed E-state index contributed by atoms with van der Waals surface area (Å²) < 4.78 is 33.1. The van der Waals surface area contributed by atoms with E-state index in [1.54, 1.807) is 31.4 Å². The lowest BCUT2D eigenvalue weighted by molar-refractivity contribution is 0.194. The van der Waals surface area contributed by atoms with Crippen molar-refractivity contribution in [2.75, 3.05) is 20.2 Å². The predicted molar refractivity (Wildman–Crippen MR) is 98.1 cm³/mol. The molecule has 0 amide bonds. The Hall–Kier alpha value is -1.89. The fourth-order valence-corrected chi connectivity index (χ4v) is 4.49. The second-order valence-corrected chi connectivity index (χ2v) is 8.07. The number of benzene rings is 2. The van der Waals surface area contributed by atoms with Crippen LogP contribution in [0.5, 0.6) is 5.75 Å². The summed E-state index contributed by atoms with van der Waals surface area (Å²) in [5.41, 5.74) is 1.17. The van der Waals surface area contributed by atoms with Gasteiger partial charge in [0.15, 0.2) is 0 Å². The first-order chi connectivity index (χ1) is 12.1. The van der Waals surface area contributed by atoms with Gasteiger partial charge in [-0.05, 0) is 49.2 Å². The Labute approximate surface area is 149 Å². The van der Waals surface area contributed by atoms with Crippen molar-refractivity contribution in [2.24, 2.45) is 0 Å². The van der Waals surface area contributed by atoms with Crippen molar-refractivity contribution in [3.63, 3.8) is 0 Å². The molecule has 1 saturated heterocycles. The van der Waals surface area contributed by atoms with Gasteiger partial charge in [0.1, 0.15) is 5.75 Å². The van der Waals surface area contributed by atoms with E-state index in [1.807, 2.05) is 24.3 Å². The van der Waals surface area contributed by atoms with E-state index < -0.39 is 10.0 Å². The van der Waals surface area contributed by atoms with Gasteiger partial charge in [-0.3, -0.25) is 4.90 Å². The maximum atomic E-state index is 12.5. The molecule has 3 rings (SSSR count). The summed E-state index contributed by atoms with van der Waals surface area (Å²) in [6, 6.07) is 16.5. The SMILES string of the molecule is COc1cccc(CN2CCCC(NS(=O)(=O)c3ccccc3)C2)c1.